The van der Waals surface area contributed by atoms with Gasteiger partial charge >= 0.3 is 5.97 Å². The minimum Gasteiger partial charge on any atom is -0.457 e. The lowest BCUT2D eigenvalue weighted by molar-refractivity contribution is 0.0472. The van der Waals surface area contributed by atoms with Gasteiger partial charge in [-0.15, -0.1) is 11.5 Å². The van der Waals surface area contributed by atoms with Gasteiger partial charge < -0.3 is 4.74 Å². The molecule has 4 rings (SSSR count). The van der Waals surface area contributed by atoms with Crippen molar-refractivity contribution < 1.29 is 9.53 Å². The van der Waals surface area contributed by atoms with Crippen LogP contribution in [0.15, 0.2) is 65.3 Å². The Labute approximate surface area is 239 Å². The molecule has 1 heterocycles. The molecule has 1 aromatic heterocycles. The molecule has 4 aromatic rings. The van der Waals surface area contributed by atoms with Crippen molar-refractivity contribution >= 4 is 21.9 Å². The fraction of sp³-hybridized carbons (Fsp3) is 0.303. The number of carbonyl (C=O) groups excluding carboxylic acids is 1. The number of rotatable bonds is 5. The molecule has 0 amide bonds. The summed E-state index contributed by atoms with van der Waals surface area (Å²) in [5.74, 6) is 2.23. The number of nitrogens with zero attached hydrogens (tertiary/aromatic N) is 3. The van der Waals surface area contributed by atoms with E-state index in [-0.39, 0.29) is 17.4 Å². The maximum Gasteiger partial charge on any atom is 0.338 e. The normalized spacial score (nSPS) is 11.8. The van der Waals surface area contributed by atoms with Crippen molar-refractivity contribution in [2.45, 2.75) is 65.9 Å². The summed E-state index contributed by atoms with van der Waals surface area (Å²) in [6.45, 7) is 15.4. The van der Waals surface area contributed by atoms with Crippen LogP contribution in [0.5, 0.6) is 0 Å². The molecule has 39 heavy (non-hydrogen) atoms. The Morgan fingerprint density at radius 2 is 1.64 bits per heavy atom. The van der Waals surface area contributed by atoms with Gasteiger partial charge in [-0.25, -0.2) is 9.48 Å². The van der Waals surface area contributed by atoms with E-state index in [1.165, 1.54) is 11.1 Å². The molecule has 0 unspecified atom stereocenters. The zero-order valence-corrected chi connectivity index (χ0v) is 25.2. The van der Waals surface area contributed by atoms with Gasteiger partial charge in [-0.05, 0) is 76.4 Å². The molecule has 200 valence electrons. The minimum atomic E-state index is -0.420. The van der Waals surface area contributed by atoms with E-state index in [1.807, 2.05) is 37.4 Å². The number of benzene rings is 3. The molecule has 0 bridgehead atoms. The molecule has 0 aliphatic carbocycles. The Kier molecular flexibility index (Phi) is 7.86. The average Bonchev–Trinajstić information content (AvgIpc) is 3.36. The van der Waals surface area contributed by atoms with Crippen molar-refractivity contribution in [1.29, 1.82) is 0 Å². The minimum absolute atomic E-state index is 0.0129. The molecular weight excluding hydrogens is 550 g/mol. The fourth-order valence-electron chi connectivity index (χ4n) is 4.20. The Morgan fingerprint density at radius 1 is 0.974 bits per heavy atom. The number of halogens is 1. The van der Waals surface area contributed by atoms with Crippen LogP contribution in [0.4, 0.5) is 0 Å². The number of aromatic nitrogens is 3. The molecule has 0 aliphatic rings. The summed E-state index contributed by atoms with van der Waals surface area (Å²) >= 11 is 3.53. The summed E-state index contributed by atoms with van der Waals surface area (Å²) in [4.78, 5) is 12.9. The second-order valence-corrected chi connectivity index (χ2v) is 12.8. The van der Waals surface area contributed by atoms with Crippen LogP contribution in [0, 0.1) is 19.3 Å². The largest absolute Gasteiger partial charge is 0.457 e. The topological polar surface area (TPSA) is 57.0 Å². The molecule has 0 aliphatic heterocycles. The highest BCUT2D eigenvalue weighted by atomic mass is 79.9. The molecule has 0 saturated heterocycles. The first-order valence-electron chi connectivity index (χ1n) is 12.9. The number of esters is 1. The summed E-state index contributed by atoms with van der Waals surface area (Å²) in [5, 5.41) is 8.86. The van der Waals surface area contributed by atoms with Crippen LogP contribution in [-0.2, 0) is 22.2 Å². The highest BCUT2D eigenvalue weighted by Gasteiger charge is 2.22. The molecule has 0 spiro atoms. The maximum absolute atomic E-state index is 12.9. The monoisotopic (exact) mass is 583 g/mol. The molecule has 3 aromatic carbocycles. The highest BCUT2D eigenvalue weighted by molar-refractivity contribution is 9.10. The summed E-state index contributed by atoms with van der Waals surface area (Å²) in [7, 11) is 0. The van der Waals surface area contributed by atoms with Crippen LogP contribution in [0.3, 0.4) is 0 Å². The zero-order valence-electron chi connectivity index (χ0n) is 23.6. The van der Waals surface area contributed by atoms with E-state index in [9.17, 15) is 4.79 Å². The Bertz CT molecular complexity index is 1550. The molecule has 0 atom stereocenters. The first kappa shape index (κ1) is 28.3. The number of hydrogen-bond acceptors (Lipinski definition) is 4. The number of ether oxygens (including phenoxy) is 1. The van der Waals surface area contributed by atoms with Crippen molar-refractivity contribution in [1.82, 2.24) is 15.0 Å². The summed E-state index contributed by atoms with van der Waals surface area (Å²) < 4.78 is 8.14. The molecule has 0 radical (unpaired) electrons. The fourth-order valence-corrected chi connectivity index (χ4v) is 4.69. The van der Waals surface area contributed by atoms with E-state index in [0.29, 0.717) is 11.3 Å². The lowest BCUT2D eigenvalue weighted by Gasteiger charge is -2.26. The second-order valence-electron chi connectivity index (χ2n) is 11.9. The molecule has 0 fully saturated rings. The number of aryl methyl sites for hydroxylation is 1. The third-order valence-electron chi connectivity index (χ3n) is 6.65. The van der Waals surface area contributed by atoms with Gasteiger partial charge in [-0.2, -0.15) is 0 Å². The average molecular weight is 585 g/mol. The second kappa shape index (κ2) is 10.8. The van der Waals surface area contributed by atoms with Crippen LogP contribution in [-0.4, -0.2) is 21.0 Å². The van der Waals surface area contributed by atoms with Gasteiger partial charge in [-0.3, -0.25) is 0 Å². The van der Waals surface area contributed by atoms with Crippen LogP contribution < -0.4 is 0 Å². The first-order valence-corrected chi connectivity index (χ1v) is 13.7. The first-order chi connectivity index (χ1) is 18.2. The van der Waals surface area contributed by atoms with Crippen molar-refractivity contribution in [2.24, 2.45) is 0 Å². The van der Waals surface area contributed by atoms with Gasteiger partial charge in [0.15, 0.2) is 0 Å². The Balaban J connectivity index is 1.61. The predicted octanol–water partition coefficient (Wildman–Crippen LogP) is 7.94. The number of hydrogen-bond donors (Lipinski definition) is 0. The summed E-state index contributed by atoms with van der Waals surface area (Å²) in [5.41, 5.74) is 7.92. The van der Waals surface area contributed by atoms with Gasteiger partial charge in [-0.1, -0.05) is 86.8 Å². The molecule has 5 nitrogen and oxygen atoms in total. The van der Waals surface area contributed by atoms with Crippen LogP contribution in [0.25, 0.3) is 16.9 Å². The number of carbonyl (C=O) groups is 1. The van der Waals surface area contributed by atoms with E-state index in [1.54, 1.807) is 16.8 Å². The van der Waals surface area contributed by atoms with E-state index in [0.717, 1.165) is 32.4 Å². The van der Waals surface area contributed by atoms with Crippen molar-refractivity contribution in [2.75, 3.05) is 0 Å². The van der Waals surface area contributed by atoms with Gasteiger partial charge in [0.05, 0.1) is 17.4 Å². The predicted molar refractivity (Wildman–Crippen MR) is 160 cm³/mol. The third kappa shape index (κ3) is 6.66. The molecular formula is C33H34BrN3O2. The lowest BCUT2D eigenvalue weighted by atomic mass is 9.80. The number of terminal acetylenes is 1. The van der Waals surface area contributed by atoms with Crippen molar-refractivity contribution in [3.8, 4) is 29.3 Å². The quantitative estimate of drug-likeness (QED) is 0.177. The Hall–Kier alpha value is -3.69. The SMILES string of the molecule is C#Cc1ccc(COC(=O)c2cc(Br)cc(-c3cn(-c4cc(C(C)(C)C)cc(C(C)(C)C)c4)nn3)c2)cc1C. The molecule has 0 N–H and O–H groups in total. The van der Waals surface area contributed by atoms with Crippen LogP contribution in [0.2, 0.25) is 0 Å². The van der Waals surface area contributed by atoms with E-state index in [2.05, 4.69) is 91.9 Å². The Morgan fingerprint density at radius 3 is 2.23 bits per heavy atom. The van der Waals surface area contributed by atoms with E-state index in [4.69, 9.17) is 11.2 Å². The van der Waals surface area contributed by atoms with Gasteiger partial charge in [0.1, 0.15) is 12.3 Å². The van der Waals surface area contributed by atoms with Gasteiger partial charge in [0, 0.05) is 15.6 Å². The third-order valence-corrected chi connectivity index (χ3v) is 7.11. The van der Waals surface area contributed by atoms with Gasteiger partial charge in [0.2, 0.25) is 0 Å². The lowest BCUT2D eigenvalue weighted by Crippen LogP contribution is -2.17. The van der Waals surface area contributed by atoms with Gasteiger partial charge in [0.25, 0.3) is 0 Å². The smallest absolute Gasteiger partial charge is 0.338 e. The van der Waals surface area contributed by atoms with Crippen molar-refractivity contribution in [3.63, 3.8) is 0 Å². The van der Waals surface area contributed by atoms with E-state index >= 15 is 0 Å². The molecule has 6 heteroatoms. The summed E-state index contributed by atoms with van der Waals surface area (Å²) in [6, 6.07) is 17.7. The van der Waals surface area contributed by atoms with Crippen LogP contribution >= 0.6 is 15.9 Å². The van der Waals surface area contributed by atoms with Crippen molar-refractivity contribution in [3.05, 3.63) is 98.6 Å². The standard InChI is InChI=1S/C33H34BrN3O2/c1-9-23-11-10-22(12-21(23)2)20-39-31(38)25-13-24(14-28(34)15-25)30-19-37(36-35-30)29-17-26(32(3,4)5)16-27(18-29)33(6,7)8/h1,10-19H,20H2,2-8H3. The van der Waals surface area contributed by atoms with Crippen LogP contribution in [0.1, 0.15) is 79.7 Å². The van der Waals surface area contributed by atoms with E-state index < -0.39 is 5.97 Å². The zero-order chi connectivity index (χ0) is 28.5. The molecule has 0 saturated carbocycles. The summed E-state index contributed by atoms with van der Waals surface area (Å²) in [6.07, 6.45) is 7.40. The maximum atomic E-state index is 12.9. The highest BCUT2D eigenvalue weighted by Crippen LogP contribution is 2.32.